The lowest BCUT2D eigenvalue weighted by Gasteiger charge is -2.18. The Morgan fingerprint density at radius 1 is 1.00 bits per heavy atom. The highest BCUT2D eigenvalue weighted by atomic mass is 16.7. The molecule has 7 heteroatoms. The lowest BCUT2D eigenvalue weighted by Crippen LogP contribution is -2.15. The van der Waals surface area contributed by atoms with Crippen molar-refractivity contribution >= 4 is 23.2 Å². The number of rotatable bonds is 4. The molecule has 136 valence electrons. The van der Waals surface area contributed by atoms with Crippen LogP contribution >= 0.6 is 0 Å². The highest BCUT2D eigenvalue weighted by Crippen LogP contribution is 2.44. The van der Waals surface area contributed by atoms with Crippen LogP contribution < -0.4 is 24.8 Å². The maximum atomic E-state index is 11.6. The number of anilines is 2. The van der Waals surface area contributed by atoms with Gasteiger partial charge >= 0.3 is 0 Å². The van der Waals surface area contributed by atoms with Crippen molar-refractivity contribution in [2.75, 3.05) is 17.7 Å². The van der Waals surface area contributed by atoms with E-state index in [1.165, 1.54) is 13.8 Å². The zero-order valence-electron chi connectivity index (χ0n) is 15.0. The number of nitrogens with one attached hydrogen (secondary N) is 2. The van der Waals surface area contributed by atoms with Crippen molar-refractivity contribution < 1.29 is 23.8 Å². The Hall–Kier alpha value is -3.22. The summed E-state index contributed by atoms with van der Waals surface area (Å²) in [5.74, 6) is 1.36. The molecule has 0 spiro atoms. The van der Waals surface area contributed by atoms with Crippen molar-refractivity contribution in [2.24, 2.45) is 0 Å². The van der Waals surface area contributed by atoms with Crippen LogP contribution in [0.1, 0.15) is 31.3 Å². The second kappa shape index (κ2) is 6.95. The smallest absolute Gasteiger partial charge is 0.269 e. The van der Waals surface area contributed by atoms with Gasteiger partial charge in [-0.25, -0.2) is 0 Å². The molecule has 2 aromatic carbocycles. The van der Waals surface area contributed by atoms with Crippen LogP contribution in [0.3, 0.4) is 0 Å². The SMILES string of the molecule is COc1cc(NC(C)=O)c(C2Oc3ccc(NC(C)=O)cc3O2)cc1C. The number of hydrogen-bond acceptors (Lipinski definition) is 5. The first-order valence-electron chi connectivity index (χ1n) is 8.08. The van der Waals surface area contributed by atoms with Crippen LogP contribution in [-0.4, -0.2) is 18.9 Å². The number of amides is 2. The van der Waals surface area contributed by atoms with Crippen LogP contribution in [0.4, 0.5) is 11.4 Å². The topological polar surface area (TPSA) is 85.9 Å². The third kappa shape index (κ3) is 3.56. The Morgan fingerprint density at radius 3 is 2.35 bits per heavy atom. The molecule has 7 nitrogen and oxygen atoms in total. The third-order valence-corrected chi connectivity index (χ3v) is 3.86. The monoisotopic (exact) mass is 356 g/mol. The second-order valence-corrected chi connectivity index (χ2v) is 6.00. The van der Waals surface area contributed by atoms with Crippen LogP contribution in [0.2, 0.25) is 0 Å². The van der Waals surface area contributed by atoms with Gasteiger partial charge in [0.25, 0.3) is 6.29 Å². The summed E-state index contributed by atoms with van der Waals surface area (Å²) in [6, 6.07) is 8.76. The Bertz CT molecular complexity index is 878. The highest BCUT2D eigenvalue weighted by Gasteiger charge is 2.29. The Kier molecular flexibility index (Phi) is 4.71. The van der Waals surface area contributed by atoms with E-state index >= 15 is 0 Å². The summed E-state index contributed by atoms with van der Waals surface area (Å²) in [4.78, 5) is 22.8. The van der Waals surface area contributed by atoms with E-state index in [4.69, 9.17) is 14.2 Å². The summed E-state index contributed by atoms with van der Waals surface area (Å²) in [7, 11) is 1.57. The van der Waals surface area contributed by atoms with Crippen molar-refractivity contribution in [1.82, 2.24) is 0 Å². The lowest BCUT2D eigenvalue weighted by molar-refractivity contribution is -0.115. The van der Waals surface area contributed by atoms with Crippen LogP contribution in [0.15, 0.2) is 30.3 Å². The Labute approximate surface area is 151 Å². The summed E-state index contributed by atoms with van der Waals surface area (Å²) in [5, 5.41) is 5.48. The molecule has 2 aromatic rings. The average molecular weight is 356 g/mol. The van der Waals surface area contributed by atoms with Crippen molar-refractivity contribution in [3.8, 4) is 17.2 Å². The Balaban J connectivity index is 1.93. The molecule has 1 heterocycles. The van der Waals surface area contributed by atoms with E-state index in [1.807, 2.05) is 13.0 Å². The van der Waals surface area contributed by atoms with Gasteiger partial charge in [0.2, 0.25) is 11.8 Å². The van der Waals surface area contributed by atoms with Gasteiger partial charge in [-0.15, -0.1) is 0 Å². The fraction of sp³-hybridized carbons (Fsp3) is 0.263. The molecule has 0 bridgehead atoms. The minimum absolute atomic E-state index is 0.167. The molecular formula is C19H20N2O5. The predicted molar refractivity (Wildman–Crippen MR) is 96.8 cm³/mol. The van der Waals surface area contributed by atoms with Gasteiger partial charge in [-0.05, 0) is 30.7 Å². The molecule has 0 aromatic heterocycles. The van der Waals surface area contributed by atoms with E-state index in [0.29, 0.717) is 34.2 Å². The molecule has 0 fully saturated rings. The van der Waals surface area contributed by atoms with Crippen molar-refractivity contribution in [3.63, 3.8) is 0 Å². The molecule has 1 aliphatic rings. The van der Waals surface area contributed by atoms with Gasteiger partial charge in [-0.1, -0.05) is 0 Å². The largest absolute Gasteiger partial charge is 0.496 e. The van der Waals surface area contributed by atoms with Crippen molar-refractivity contribution in [2.45, 2.75) is 27.1 Å². The molecule has 0 saturated heterocycles. The molecule has 0 saturated carbocycles. The average Bonchev–Trinajstić information content (AvgIpc) is 2.98. The first kappa shape index (κ1) is 17.6. The molecule has 2 N–H and O–H groups in total. The maximum Gasteiger partial charge on any atom is 0.269 e. The van der Waals surface area contributed by atoms with E-state index < -0.39 is 6.29 Å². The minimum atomic E-state index is -0.718. The molecule has 3 rings (SSSR count). The van der Waals surface area contributed by atoms with Crippen LogP contribution in [0.25, 0.3) is 0 Å². The molecule has 1 aliphatic heterocycles. The van der Waals surface area contributed by atoms with Crippen molar-refractivity contribution in [3.05, 3.63) is 41.5 Å². The van der Waals surface area contributed by atoms with Gasteiger partial charge in [0, 0.05) is 31.7 Å². The minimum Gasteiger partial charge on any atom is -0.496 e. The molecule has 1 atom stereocenters. The van der Waals surface area contributed by atoms with E-state index in [-0.39, 0.29) is 11.8 Å². The summed E-state index contributed by atoms with van der Waals surface area (Å²) in [6.07, 6.45) is -0.718. The lowest BCUT2D eigenvalue weighted by atomic mass is 10.1. The number of hydrogen-bond donors (Lipinski definition) is 2. The fourth-order valence-electron chi connectivity index (χ4n) is 2.78. The van der Waals surface area contributed by atoms with Crippen molar-refractivity contribution in [1.29, 1.82) is 0 Å². The first-order chi connectivity index (χ1) is 12.4. The number of fused-ring (bicyclic) bond motifs is 1. The summed E-state index contributed by atoms with van der Waals surface area (Å²) >= 11 is 0. The highest BCUT2D eigenvalue weighted by molar-refractivity contribution is 5.90. The molecular weight excluding hydrogens is 336 g/mol. The van der Waals surface area contributed by atoms with Gasteiger partial charge in [-0.3, -0.25) is 9.59 Å². The van der Waals surface area contributed by atoms with Crippen LogP contribution in [-0.2, 0) is 9.59 Å². The van der Waals surface area contributed by atoms with Gasteiger partial charge < -0.3 is 24.8 Å². The molecule has 0 radical (unpaired) electrons. The molecule has 1 unspecified atom stereocenters. The third-order valence-electron chi connectivity index (χ3n) is 3.86. The van der Waals surface area contributed by atoms with Gasteiger partial charge in [0.05, 0.1) is 18.4 Å². The first-order valence-corrected chi connectivity index (χ1v) is 8.08. The van der Waals surface area contributed by atoms with Gasteiger partial charge in [0.1, 0.15) is 5.75 Å². The number of benzene rings is 2. The summed E-state index contributed by atoms with van der Waals surface area (Å²) < 4.78 is 17.1. The summed E-state index contributed by atoms with van der Waals surface area (Å²) in [5.41, 5.74) is 2.74. The predicted octanol–water partition coefficient (Wildman–Crippen LogP) is 3.39. The normalized spacial score (nSPS) is 14.7. The quantitative estimate of drug-likeness (QED) is 0.877. The number of aryl methyl sites for hydroxylation is 1. The summed E-state index contributed by atoms with van der Waals surface area (Å²) in [6.45, 7) is 4.77. The van der Waals surface area contributed by atoms with Crippen LogP contribution in [0.5, 0.6) is 17.2 Å². The van der Waals surface area contributed by atoms with Gasteiger partial charge in [0.15, 0.2) is 11.5 Å². The number of ether oxygens (including phenoxy) is 3. The molecule has 2 amide bonds. The zero-order valence-corrected chi connectivity index (χ0v) is 15.0. The number of methoxy groups -OCH3 is 1. The number of carbonyl (C=O) groups is 2. The van der Waals surface area contributed by atoms with Crippen LogP contribution in [0, 0.1) is 6.92 Å². The maximum absolute atomic E-state index is 11.6. The Morgan fingerprint density at radius 2 is 1.69 bits per heavy atom. The molecule has 26 heavy (non-hydrogen) atoms. The van der Waals surface area contributed by atoms with Gasteiger partial charge in [-0.2, -0.15) is 0 Å². The van der Waals surface area contributed by atoms with E-state index in [0.717, 1.165) is 5.56 Å². The second-order valence-electron chi connectivity index (χ2n) is 6.00. The van der Waals surface area contributed by atoms with E-state index in [1.54, 1.807) is 31.4 Å². The van der Waals surface area contributed by atoms with E-state index in [9.17, 15) is 9.59 Å². The van der Waals surface area contributed by atoms with E-state index in [2.05, 4.69) is 10.6 Å². The zero-order chi connectivity index (χ0) is 18.8. The fourth-order valence-corrected chi connectivity index (χ4v) is 2.78. The molecule has 0 aliphatic carbocycles. The number of carbonyl (C=O) groups excluding carboxylic acids is 2. The standard InChI is InChI=1S/C19H20N2O5/c1-10-7-14(15(21-12(3)23)9-17(10)24-4)19-25-16-6-5-13(20-11(2)22)8-18(16)26-19/h5-9,19H,1-4H3,(H,20,22)(H,21,23).